The number of methoxy groups -OCH3 is 1. The Morgan fingerprint density at radius 3 is 2.69 bits per heavy atom. The quantitative estimate of drug-likeness (QED) is 0.555. The molecule has 2 aromatic carbocycles. The van der Waals surface area contributed by atoms with Gasteiger partial charge in [0.15, 0.2) is 11.5 Å². The van der Waals surface area contributed by atoms with Crippen LogP contribution < -0.4 is 24.8 Å². The van der Waals surface area contributed by atoms with Crippen LogP contribution >= 0.6 is 0 Å². The number of amides is 1. The second kappa shape index (κ2) is 9.51. The summed E-state index contributed by atoms with van der Waals surface area (Å²) in [4.78, 5) is 12.4. The molecular formula is C22H23N3O4. The largest absolute Gasteiger partial charge is 0.497 e. The third-order valence-electron chi connectivity index (χ3n) is 4.49. The van der Waals surface area contributed by atoms with E-state index in [-0.39, 0.29) is 17.7 Å². The Kier molecular flexibility index (Phi) is 6.59. The molecule has 7 nitrogen and oxygen atoms in total. The third-order valence-corrected chi connectivity index (χ3v) is 4.49. The lowest BCUT2D eigenvalue weighted by molar-refractivity contribution is -0.117. The van der Waals surface area contributed by atoms with Crippen molar-refractivity contribution in [2.75, 3.05) is 20.3 Å². The summed E-state index contributed by atoms with van der Waals surface area (Å²) < 4.78 is 16.6. The molecule has 1 aliphatic heterocycles. The molecule has 29 heavy (non-hydrogen) atoms. The van der Waals surface area contributed by atoms with Crippen molar-refractivity contribution in [3.8, 4) is 23.3 Å². The van der Waals surface area contributed by atoms with Gasteiger partial charge >= 0.3 is 0 Å². The van der Waals surface area contributed by atoms with Gasteiger partial charge in [0.25, 0.3) is 5.91 Å². The molecular weight excluding hydrogens is 370 g/mol. The predicted molar refractivity (Wildman–Crippen MR) is 108 cm³/mol. The van der Waals surface area contributed by atoms with E-state index in [0.717, 1.165) is 11.3 Å². The minimum absolute atomic E-state index is 0.0116. The van der Waals surface area contributed by atoms with Crippen LogP contribution in [0.25, 0.3) is 0 Å². The number of hydrogen-bond acceptors (Lipinski definition) is 6. The monoisotopic (exact) mass is 393 g/mol. The average Bonchev–Trinajstić information content (AvgIpc) is 2.76. The fourth-order valence-electron chi connectivity index (χ4n) is 2.86. The van der Waals surface area contributed by atoms with Crippen LogP contribution in [0.1, 0.15) is 18.5 Å². The number of ether oxygens (including phenoxy) is 3. The van der Waals surface area contributed by atoms with Crippen LogP contribution in [0.5, 0.6) is 17.2 Å². The topological polar surface area (TPSA) is 92.6 Å². The molecule has 0 saturated carbocycles. The number of nitriles is 1. The van der Waals surface area contributed by atoms with Crippen LogP contribution in [0.4, 0.5) is 0 Å². The molecule has 0 bridgehead atoms. The third kappa shape index (κ3) is 5.20. The molecule has 1 aliphatic rings. The molecule has 2 atom stereocenters. The first kappa shape index (κ1) is 20.1. The average molecular weight is 393 g/mol. The maximum Gasteiger partial charge on any atom is 0.263 e. The zero-order valence-corrected chi connectivity index (χ0v) is 16.3. The molecule has 2 N–H and O–H groups in total. The molecule has 7 heteroatoms. The lowest BCUT2D eigenvalue weighted by atomic mass is 10.1. The Bertz CT molecular complexity index is 918. The van der Waals surface area contributed by atoms with E-state index in [1.807, 2.05) is 61.5 Å². The molecule has 3 rings (SSSR count). The van der Waals surface area contributed by atoms with E-state index >= 15 is 0 Å². The molecule has 1 amide bonds. The summed E-state index contributed by atoms with van der Waals surface area (Å²) in [7, 11) is 1.60. The van der Waals surface area contributed by atoms with Crippen LogP contribution in [0.2, 0.25) is 0 Å². The summed E-state index contributed by atoms with van der Waals surface area (Å²) in [6, 6.07) is 16.5. The number of carbonyl (C=O) groups is 1. The van der Waals surface area contributed by atoms with E-state index in [9.17, 15) is 10.1 Å². The van der Waals surface area contributed by atoms with E-state index in [0.29, 0.717) is 24.7 Å². The number of benzene rings is 2. The predicted octanol–water partition coefficient (Wildman–Crippen LogP) is 2.71. The second-order valence-corrected chi connectivity index (χ2v) is 6.54. The minimum Gasteiger partial charge on any atom is -0.497 e. The molecule has 2 aromatic rings. The molecule has 0 saturated heterocycles. The van der Waals surface area contributed by atoms with Crippen molar-refractivity contribution < 1.29 is 19.0 Å². The fourth-order valence-corrected chi connectivity index (χ4v) is 2.86. The van der Waals surface area contributed by atoms with E-state index in [1.54, 1.807) is 7.11 Å². The van der Waals surface area contributed by atoms with Crippen LogP contribution in [0.15, 0.2) is 60.3 Å². The first-order valence-electron chi connectivity index (χ1n) is 9.27. The Morgan fingerprint density at radius 1 is 1.28 bits per heavy atom. The van der Waals surface area contributed by atoms with Gasteiger partial charge in [-0.05, 0) is 36.8 Å². The molecule has 2 unspecified atom stereocenters. The number of fused-ring (bicyclic) bond motifs is 1. The Labute approximate surface area is 169 Å². The molecule has 150 valence electrons. The van der Waals surface area contributed by atoms with E-state index in [1.165, 1.54) is 6.20 Å². The van der Waals surface area contributed by atoms with Gasteiger partial charge in [-0.3, -0.25) is 4.79 Å². The van der Waals surface area contributed by atoms with Gasteiger partial charge in [-0.25, -0.2) is 0 Å². The van der Waals surface area contributed by atoms with Crippen LogP contribution in [-0.2, 0) is 4.79 Å². The van der Waals surface area contributed by atoms with Crippen molar-refractivity contribution in [1.29, 1.82) is 5.26 Å². The summed E-state index contributed by atoms with van der Waals surface area (Å²) in [5.41, 5.74) is 0.901. The summed E-state index contributed by atoms with van der Waals surface area (Å²) in [6.45, 7) is 2.65. The van der Waals surface area contributed by atoms with Gasteiger partial charge in [-0.15, -0.1) is 0 Å². The van der Waals surface area contributed by atoms with Crippen molar-refractivity contribution in [3.05, 3.63) is 65.9 Å². The summed E-state index contributed by atoms with van der Waals surface area (Å²) >= 11 is 0. The van der Waals surface area contributed by atoms with E-state index in [2.05, 4.69) is 10.6 Å². The number of nitrogens with zero attached hydrogens (tertiary/aromatic N) is 1. The highest BCUT2D eigenvalue weighted by molar-refractivity contribution is 5.97. The Hall–Kier alpha value is -3.66. The number of nitrogens with one attached hydrogen (secondary N) is 2. The summed E-state index contributed by atoms with van der Waals surface area (Å²) in [5, 5.41) is 15.1. The highest BCUT2D eigenvalue weighted by atomic mass is 16.6. The van der Waals surface area contributed by atoms with Gasteiger partial charge in [-0.1, -0.05) is 24.3 Å². The van der Waals surface area contributed by atoms with Crippen molar-refractivity contribution in [2.24, 2.45) is 0 Å². The van der Waals surface area contributed by atoms with Crippen LogP contribution in [0.3, 0.4) is 0 Å². The van der Waals surface area contributed by atoms with Crippen LogP contribution in [-0.4, -0.2) is 32.3 Å². The van der Waals surface area contributed by atoms with Crippen molar-refractivity contribution >= 4 is 5.91 Å². The summed E-state index contributed by atoms with van der Waals surface area (Å²) in [6.07, 6.45) is 1.18. The van der Waals surface area contributed by atoms with Crippen LogP contribution in [0, 0.1) is 11.3 Å². The van der Waals surface area contributed by atoms with Gasteiger partial charge < -0.3 is 24.8 Å². The Morgan fingerprint density at radius 2 is 2.00 bits per heavy atom. The minimum atomic E-state index is -0.450. The van der Waals surface area contributed by atoms with Gasteiger partial charge in [-0.2, -0.15) is 5.26 Å². The molecule has 0 radical (unpaired) electrons. The molecule has 0 spiro atoms. The van der Waals surface area contributed by atoms with Gasteiger partial charge in [0, 0.05) is 6.20 Å². The van der Waals surface area contributed by atoms with E-state index in [4.69, 9.17) is 14.2 Å². The lowest BCUT2D eigenvalue weighted by Gasteiger charge is -2.26. The molecule has 0 fully saturated rings. The van der Waals surface area contributed by atoms with Crippen molar-refractivity contribution in [2.45, 2.75) is 19.1 Å². The standard InChI is InChI=1S/C22H23N3O4/c1-15(16-7-9-18(27-2)10-8-16)25-22(26)17(11-23)12-24-13-19-14-28-20-5-3-4-6-21(20)29-19/h3-10,12,15,19,24H,13-14H2,1-2H3,(H,25,26)/b17-12-. The first-order valence-corrected chi connectivity index (χ1v) is 9.27. The lowest BCUT2D eigenvalue weighted by Crippen LogP contribution is -2.37. The number of para-hydroxylation sites is 2. The number of hydrogen-bond donors (Lipinski definition) is 2. The SMILES string of the molecule is COc1ccc(C(C)NC(=O)/C(C#N)=C\NCC2COc3ccccc3O2)cc1. The number of carbonyl (C=O) groups excluding carboxylic acids is 1. The highest BCUT2D eigenvalue weighted by Crippen LogP contribution is 2.30. The molecule has 0 aromatic heterocycles. The zero-order chi connectivity index (χ0) is 20.6. The van der Waals surface area contributed by atoms with E-state index < -0.39 is 5.91 Å². The smallest absolute Gasteiger partial charge is 0.263 e. The van der Waals surface area contributed by atoms with Crippen molar-refractivity contribution in [1.82, 2.24) is 10.6 Å². The van der Waals surface area contributed by atoms with Gasteiger partial charge in [0.2, 0.25) is 0 Å². The molecule has 1 heterocycles. The zero-order valence-electron chi connectivity index (χ0n) is 16.3. The van der Waals surface area contributed by atoms with Crippen molar-refractivity contribution in [3.63, 3.8) is 0 Å². The first-order chi connectivity index (χ1) is 14.1. The fraction of sp³-hybridized carbons (Fsp3) is 0.273. The highest BCUT2D eigenvalue weighted by Gasteiger charge is 2.20. The molecule has 0 aliphatic carbocycles. The summed E-state index contributed by atoms with van der Waals surface area (Å²) in [5.74, 6) is 1.69. The Balaban J connectivity index is 1.52. The van der Waals surface area contributed by atoms with Gasteiger partial charge in [0.05, 0.1) is 19.7 Å². The normalized spacial score (nSPS) is 16.3. The second-order valence-electron chi connectivity index (χ2n) is 6.54. The maximum absolute atomic E-state index is 12.4. The maximum atomic E-state index is 12.4. The number of rotatable bonds is 7. The van der Waals surface area contributed by atoms with Gasteiger partial charge in [0.1, 0.15) is 30.1 Å².